The van der Waals surface area contributed by atoms with Gasteiger partial charge in [0.25, 0.3) is 5.91 Å². The Balaban J connectivity index is 1.88. The van der Waals surface area contributed by atoms with Crippen LogP contribution in [0, 0.1) is 31.0 Å². The van der Waals surface area contributed by atoms with Gasteiger partial charge in [-0.3, -0.25) is 9.59 Å². The molecule has 0 fully saturated rings. The molecule has 0 spiro atoms. The largest absolute Gasteiger partial charge is 0.326 e. The summed E-state index contributed by atoms with van der Waals surface area (Å²) in [5.74, 6) is -1.12. The molecule has 0 saturated carbocycles. The number of carbonyl (C=O) groups is 2. The smallest absolute Gasteiger partial charge is 0.266 e. The summed E-state index contributed by atoms with van der Waals surface area (Å²) in [6, 6.07) is 16.5. The van der Waals surface area contributed by atoms with Gasteiger partial charge in [0, 0.05) is 35.4 Å². The van der Waals surface area contributed by atoms with Gasteiger partial charge >= 0.3 is 0 Å². The van der Waals surface area contributed by atoms with E-state index < -0.39 is 11.7 Å². The molecular formula is C24H21FN4O2. The van der Waals surface area contributed by atoms with Crippen LogP contribution < -0.4 is 10.6 Å². The lowest BCUT2D eigenvalue weighted by Gasteiger charge is -2.11. The van der Waals surface area contributed by atoms with Crippen molar-refractivity contribution in [1.29, 1.82) is 5.26 Å². The fourth-order valence-electron chi connectivity index (χ4n) is 3.26. The van der Waals surface area contributed by atoms with Crippen molar-refractivity contribution in [3.63, 3.8) is 0 Å². The van der Waals surface area contributed by atoms with Crippen molar-refractivity contribution in [1.82, 2.24) is 4.57 Å². The first-order chi connectivity index (χ1) is 14.8. The Bertz CT molecular complexity index is 1200. The molecule has 0 saturated heterocycles. The molecule has 0 radical (unpaired) electrons. The summed E-state index contributed by atoms with van der Waals surface area (Å²) in [4.78, 5) is 23.7. The third-order valence-corrected chi connectivity index (χ3v) is 4.68. The minimum absolute atomic E-state index is 0.0643. The van der Waals surface area contributed by atoms with Crippen LogP contribution in [0.25, 0.3) is 11.8 Å². The number of hydrogen-bond donors (Lipinski definition) is 2. The maximum atomic E-state index is 13.0. The van der Waals surface area contributed by atoms with Gasteiger partial charge in [0.1, 0.15) is 17.5 Å². The number of anilines is 2. The summed E-state index contributed by atoms with van der Waals surface area (Å²) in [6.45, 7) is 5.27. The van der Waals surface area contributed by atoms with Gasteiger partial charge in [0.15, 0.2) is 0 Å². The fraction of sp³-hybridized carbons (Fsp3) is 0.125. The molecule has 2 aromatic carbocycles. The van der Waals surface area contributed by atoms with E-state index in [4.69, 9.17) is 0 Å². The average Bonchev–Trinajstić information content (AvgIpc) is 3.01. The molecule has 0 aliphatic rings. The van der Waals surface area contributed by atoms with Crippen LogP contribution in [-0.4, -0.2) is 16.4 Å². The van der Waals surface area contributed by atoms with Crippen LogP contribution >= 0.6 is 0 Å². The second-order valence-corrected chi connectivity index (χ2v) is 7.02. The molecule has 0 aliphatic carbocycles. The van der Waals surface area contributed by atoms with Gasteiger partial charge < -0.3 is 15.2 Å². The number of carbonyl (C=O) groups excluding carboxylic acids is 2. The van der Waals surface area contributed by atoms with Crippen LogP contribution in [0.2, 0.25) is 0 Å². The number of nitrogens with zero attached hydrogens (tertiary/aromatic N) is 2. The van der Waals surface area contributed by atoms with Crippen LogP contribution in [-0.2, 0) is 9.59 Å². The van der Waals surface area contributed by atoms with Crippen molar-refractivity contribution in [2.75, 3.05) is 10.6 Å². The van der Waals surface area contributed by atoms with E-state index >= 15 is 0 Å². The zero-order valence-electron chi connectivity index (χ0n) is 17.4. The van der Waals surface area contributed by atoms with Crippen molar-refractivity contribution in [3.8, 4) is 11.8 Å². The van der Waals surface area contributed by atoms with Crippen LogP contribution in [0.4, 0.5) is 15.8 Å². The standard InChI is InChI=1S/C24H21FN4O2/c1-15-12-18(13-19(14-26)24(31)28-22-6-4-20(25)5-7-22)16(2)29(15)23-10-8-21(9-11-23)27-17(3)30/h4-13H,1-3H3,(H,27,30)(H,28,31)/b19-13-. The van der Waals surface area contributed by atoms with E-state index in [0.29, 0.717) is 11.4 Å². The minimum atomic E-state index is -0.571. The first-order valence-electron chi connectivity index (χ1n) is 9.54. The van der Waals surface area contributed by atoms with Crippen molar-refractivity contribution < 1.29 is 14.0 Å². The minimum Gasteiger partial charge on any atom is -0.326 e. The second kappa shape index (κ2) is 9.09. The van der Waals surface area contributed by atoms with Crippen molar-refractivity contribution >= 4 is 29.3 Å². The molecule has 6 nitrogen and oxygen atoms in total. The lowest BCUT2D eigenvalue weighted by atomic mass is 10.1. The third-order valence-electron chi connectivity index (χ3n) is 4.68. The number of aromatic nitrogens is 1. The summed E-state index contributed by atoms with van der Waals surface area (Å²) in [6.07, 6.45) is 1.53. The van der Waals surface area contributed by atoms with Crippen molar-refractivity contribution in [3.05, 3.63) is 82.9 Å². The molecule has 0 unspecified atom stereocenters. The third kappa shape index (κ3) is 5.06. The number of halogens is 1. The Kier molecular flexibility index (Phi) is 6.32. The van der Waals surface area contributed by atoms with Gasteiger partial charge in [0.2, 0.25) is 5.91 Å². The summed E-state index contributed by atoms with van der Waals surface area (Å²) in [7, 11) is 0. The number of rotatable bonds is 5. The highest BCUT2D eigenvalue weighted by Crippen LogP contribution is 2.24. The monoisotopic (exact) mass is 416 g/mol. The van der Waals surface area contributed by atoms with E-state index in [2.05, 4.69) is 10.6 Å². The van der Waals surface area contributed by atoms with Crippen LogP contribution in [0.15, 0.2) is 60.2 Å². The Morgan fingerprint density at radius 2 is 1.58 bits per heavy atom. The van der Waals surface area contributed by atoms with Gasteiger partial charge in [0.05, 0.1) is 0 Å². The molecule has 0 aliphatic heterocycles. The Hall–Kier alpha value is -4.18. The van der Waals surface area contributed by atoms with E-state index in [1.165, 1.54) is 37.3 Å². The Morgan fingerprint density at radius 1 is 1.00 bits per heavy atom. The Labute approximate surface area is 179 Å². The summed E-state index contributed by atoms with van der Waals surface area (Å²) >= 11 is 0. The van der Waals surface area contributed by atoms with Gasteiger partial charge in [-0.15, -0.1) is 0 Å². The zero-order valence-corrected chi connectivity index (χ0v) is 17.4. The number of hydrogen-bond acceptors (Lipinski definition) is 3. The summed E-state index contributed by atoms with van der Waals surface area (Å²) in [5.41, 5.74) is 4.43. The highest BCUT2D eigenvalue weighted by Gasteiger charge is 2.14. The SMILES string of the molecule is CC(=O)Nc1ccc(-n2c(C)cc(/C=C(/C#N)C(=O)Nc3ccc(F)cc3)c2C)cc1. The quantitative estimate of drug-likeness (QED) is 0.465. The summed E-state index contributed by atoms with van der Waals surface area (Å²) in [5, 5.41) is 14.8. The van der Waals surface area contributed by atoms with Gasteiger partial charge in [-0.05, 0) is 80.1 Å². The first-order valence-corrected chi connectivity index (χ1v) is 9.54. The fourth-order valence-corrected chi connectivity index (χ4v) is 3.26. The van der Waals surface area contributed by atoms with Crippen molar-refractivity contribution in [2.24, 2.45) is 0 Å². The number of nitriles is 1. The van der Waals surface area contributed by atoms with E-state index in [0.717, 1.165) is 22.6 Å². The van der Waals surface area contributed by atoms with E-state index in [1.807, 2.05) is 54.8 Å². The topological polar surface area (TPSA) is 86.9 Å². The predicted octanol–water partition coefficient (Wildman–Crippen LogP) is 4.74. The van der Waals surface area contributed by atoms with E-state index in [1.54, 1.807) is 0 Å². The molecular weight excluding hydrogens is 395 g/mol. The molecule has 1 heterocycles. The number of amides is 2. The van der Waals surface area contributed by atoms with Crippen molar-refractivity contribution in [2.45, 2.75) is 20.8 Å². The molecule has 31 heavy (non-hydrogen) atoms. The summed E-state index contributed by atoms with van der Waals surface area (Å²) < 4.78 is 15.0. The molecule has 3 rings (SSSR count). The lowest BCUT2D eigenvalue weighted by molar-refractivity contribution is -0.114. The molecule has 2 amide bonds. The maximum Gasteiger partial charge on any atom is 0.266 e. The van der Waals surface area contributed by atoms with E-state index in [9.17, 15) is 19.2 Å². The van der Waals surface area contributed by atoms with Gasteiger partial charge in [-0.2, -0.15) is 5.26 Å². The lowest BCUT2D eigenvalue weighted by Crippen LogP contribution is -2.13. The highest BCUT2D eigenvalue weighted by atomic mass is 19.1. The molecule has 156 valence electrons. The molecule has 7 heteroatoms. The second-order valence-electron chi connectivity index (χ2n) is 7.02. The zero-order chi connectivity index (χ0) is 22.5. The number of benzene rings is 2. The van der Waals surface area contributed by atoms with Crippen LogP contribution in [0.1, 0.15) is 23.9 Å². The van der Waals surface area contributed by atoms with Crippen LogP contribution in [0.5, 0.6) is 0 Å². The number of aryl methyl sites for hydroxylation is 1. The maximum absolute atomic E-state index is 13.0. The molecule has 0 atom stereocenters. The average molecular weight is 416 g/mol. The molecule has 3 aromatic rings. The Morgan fingerprint density at radius 3 is 2.16 bits per heavy atom. The highest BCUT2D eigenvalue weighted by molar-refractivity contribution is 6.09. The first kappa shape index (κ1) is 21.5. The normalized spacial score (nSPS) is 11.0. The van der Waals surface area contributed by atoms with Gasteiger partial charge in [-0.25, -0.2) is 4.39 Å². The van der Waals surface area contributed by atoms with E-state index in [-0.39, 0.29) is 11.5 Å². The predicted molar refractivity (Wildman–Crippen MR) is 118 cm³/mol. The van der Waals surface area contributed by atoms with Gasteiger partial charge in [-0.1, -0.05) is 0 Å². The number of nitrogens with one attached hydrogen (secondary N) is 2. The molecule has 2 N–H and O–H groups in total. The van der Waals surface area contributed by atoms with Crippen LogP contribution in [0.3, 0.4) is 0 Å². The molecule has 0 bridgehead atoms. The molecule has 1 aromatic heterocycles.